The molecule has 0 aliphatic carbocycles. The van der Waals surface area contributed by atoms with Crippen LogP contribution < -0.4 is 4.74 Å². The quantitative estimate of drug-likeness (QED) is 0.479. The van der Waals surface area contributed by atoms with Crippen molar-refractivity contribution in [1.29, 1.82) is 0 Å². The van der Waals surface area contributed by atoms with Crippen molar-refractivity contribution in [2.45, 2.75) is 12.8 Å². The van der Waals surface area contributed by atoms with Gasteiger partial charge in [0.05, 0.1) is 0 Å². The van der Waals surface area contributed by atoms with Gasteiger partial charge in [-0.05, 0) is 41.5 Å². The third-order valence-electron chi connectivity index (χ3n) is 4.30. The van der Waals surface area contributed by atoms with E-state index in [2.05, 4.69) is 20.1 Å². The molecule has 0 bridgehead atoms. The molecule has 0 fully saturated rings. The van der Waals surface area contributed by atoms with Gasteiger partial charge in [0.1, 0.15) is 18.6 Å². The van der Waals surface area contributed by atoms with Gasteiger partial charge in [0.15, 0.2) is 23.0 Å². The highest BCUT2D eigenvalue weighted by molar-refractivity contribution is 5.92. The summed E-state index contributed by atoms with van der Waals surface area (Å²) in [5, 5.41) is 4.32. The molecule has 0 N–H and O–H groups in total. The standard InChI is InChI=1S/C19H13F4N5O/c1-28-17(25-10-26-28)9-29-15-8-11(2-4-14(15)20)12-6-7-24-18-13(12)3-5-16(27-18)19(21,22)23/h2-8,10H,9H2,1H3. The Balaban J connectivity index is 1.71. The summed E-state index contributed by atoms with van der Waals surface area (Å²) in [5.74, 6) is -0.0878. The van der Waals surface area contributed by atoms with Crippen molar-refractivity contribution in [1.82, 2.24) is 24.7 Å². The largest absolute Gasteiger partial charge is 0.483 e. The van der Waals surface area contributed by atoms with E-state index in [0.29, 0.717) is 22.3 Å². The monoisotopic (exact) mass is 403 g/mol. The van der Waals surface area contributed by atoms with Crippen LogP contribution in [-0.4, -0.2) is 24.7 Å². The second kappa shape index (κ2) is 7.12. The molecule has 0 saturated heterocycles. The van der Waals surface area contributed by atoms with E-state index >= 15 is 0 Å². The minimum atomic E-state index is -4.57. The summed E-state index contributed by atoms with van der Waals surface area (Å²) in [4.78, 5) is 11.5. The van der Waals surface area contributed by atoms with Crippen molar-refractivity contribution in [2.75, 3.05) is 0 Å². The Kier molecular flexibility index (Phi) is 4.61. The van der Waals surface area contributed by atoms with Crippen LogP contribution in [0, 0.1) is 5.82 Å². The van der Waals surface area contributed by atoms with Crippen molar-refractivity contribution >= 4 is 11.0 Å². The number of fused-ring (bicyclic) bond motifs is 1. The number of aryl methyl sites for hydroxylation is 1. The normalized spacial score (nSPS) is 11.8. The highest BCUT2D eigenvalue weighted by atomic mass is 19.4. The molecule has 0 aliphatic rings. The number of nitrogens with zero attached hydrogens (tertiary/aromatic N) is 5. The van der Waals surface area contributed by atoms with E-state index in [1.54, 1.807) is 13.1 Å². The summed E-state index contributed by atoms with van der Waals surface area (Å²) < 4.78 is 59.9. The van der Waals surface area contributed by atoms with E-state index in [0.717, 1.165) is 6.07 Å². The first-order valence-electron chi connectivity index (χ1n) is 8.41. The Morgan fingerprint density at radius 1 is 1.07 bits per heavy atom. The molecule has 3 heterocycles. The summed E-state index contributed by atoms with van der Waals surface area (Å²) in [6.07, 6.45) is -1.85. The summed E-state index contributed by atoms with van der Waals surface area (Å²) in [7, 11) is 1.68. The third-order valence-corrected chi connectivity index (χ3v) is 4.30. The highest BCUT2D eigenvalue weighted by Gasteiger charge is 2.32. The molecule has 10 heteroatoms. The summed E-state index contributed by atoms with van der Waals surface area (Å²) in [6, 6.07) is 8.02. The molecular formula is C19H13F4N5O. The molecule has 148 valence electrons. The second-order valence-corrected chi connectivity index (χ2v) is 6.16. The number of halogens is 4. The molecule has 0 unspecified atom stereocenters. The van der Waals surface area contributed by atoms with Crippen molar-refractivity contribution in [3.05, 3.63) is 66.3 Å². The molecule has 6 nitrogen and oxygen atoms in total. The van der Waals surface area contributed by atoms with E-state index in [9.17, 15) is 17.6 Å². The van der Waals surface area contributed by atoms with Gasteiger partial charge in [-0.15, -0.1) is 0 Å². The maximum Gasteiger partial charge on any atom is 0.433 e. The molecule has 0 spiro atoms. The van der Waals surface area contributed by atoms with Gasteiger partial charge in [0, 0.05) is 18.6 Å². The Hall–Kier alpha value is -3.56. The highest BCUT2D eigenvalue weighted by Crippen LogP contribution is 2.33. The average Bonchev–Trinajstić information content (AvgIpc) is 3.10. The fourth-order valence-corrected chi connectivity index (χ4v) is 2.81. The topological polar surface area (TPSA) is 65.7 Å². The van der Waals surface area contributed by atoms with Gasteiger partial charge in [-0.1, -0.05) is 6.07 Å². The van der Waals surface area contributed by atoms with Crippen LogP contribution in [0.5, 0.6) is 5.75 Å². The maximum atomic E-state index is 14.2. The first-order chi connectivity index (χ1) is 13.8. The summed E-state index contributed by atoms with van der Waals surface area (Å²) in [6.45, 7) is 0.00443. The smallest absolute Gasteiger partial charge is 0.433 e. The SMILES string of the molecule is Cn1ncnc1COc1cc(-c2ccnc3nc(C(F)(F)F)ccc23)ccc1F. The number of hydrogen-bond acceptors (Lipinski definition) is 5. The number of ether oxygens (including phenoxy) is 1. The Bertz CT molecular complexity index is 1190. The van der Waals surface area contributed by atoms with Crippen molar-refractivity contribution in [2.24, 2.45) is 7.05 Å². The summed E-state index contributed by atoms with van der Waals surface area (Å²) in [5.41, 5.74) is 0.0257. The number of benzene rings is 1. The zero-order chi connectivity index (χ0) is 20.6. The van der Waals surface area contributed by atoms with Crippen LogP contribution in [0.4, 0.5) is 17.6 Å². The first kappa shape index (κ1) is 18.8. The average molecular weight is 403 g/mol. The molecule has 1 aromatic carbocycles. The second-order valence-electron chi connectivity index (χ2n) is 6.16. The Morgan fingerprint density at radius 2 is 1.90 bits per heavy atom. The van der Waals surface area contributed by atoms with Gasteiger partial charge in [0.2, 0.25) is 0 Å². The van der Waals surface area contributed by atoms with Crippen LogP contribution in [0.1, 0.15) is 11.5 Å². The van der Waals surface area contributed by atoms with Crippen molar-refractivity contribution in [3.8, 4) is 16.9 Å². The molecule has 29 heavy (non-hydrogen) atoms. The van der Waals surface area contributed by atoms with E-state index in [1.165, 1.54) is 41.5 Å². The van der Waals surface area contributed by atoms with E-state index in [1.807, 2.05) is 0 Å². The summed E-state index contributed by atoms with van der Waals surface area (Å²) >= 11 is 0. The molecule has 0 amide bonds. The molecule has 0 aliphatic heterocycles. The van der Waals surface area contributed by atoms with Crippen molar-refractivity contribution < 1.29 is 22.3 Å². The number of hydrogen-bond donors (Lipinski definition) is 0. The number of alkyl halides is 3. The van der Waals surface area contributed by atoms with Crippen molar-refractivity contribution in [3.63, 3.8) is 0 Å². The fourth-order valence-electron chi connectivity index (χ4n) is 2.81. The van der Waals surface area contributed by atoms with Gasteiger partial charge in [-0.25, -0.2) is 19.3 Å². The lowest BCUT2D eigenvalue weighted by atomic mass is 10.0. The lowest BCUT2D eigenvalue weighted by Gasteiger charge is -2.11. The number of aromatic nitrogens is 5. The lowest BCUT2D eigenvalue weighted by molar-refractivity contribution is -0.141. The number of rotatable bonds is 4. The van der Waals surface area contributed by atoms with Gasteiger partial charge >= 0.3 is 6.18 Å². The van der Waals surface area contributed by atoms with Crippen LogP contribution >= 0.6 is 0 Å². The molecule has 0 radical (unpaired) electrons. The van der Waals surface area contributed by atoms with Gasteiger partial charge < -0.3 is 4.74 Å². The van der Waals surface area contributed by atoms with E-state index in [4.69, 9.17) is 4.74 Å². The van der Waals surface area contributed by atoms with Crippen LogP contribution in [0.25, 0.3) is 22.2 Å². The third kappa shape index (κ3) is 3.73. The van der Waals surface area contributed by atoms with Crippen LogP contribution in [0.2, 0.25) is 0 Å². The Labute approximate surface area is 161 Å². The minimum absolute atomic E-state index is 0.00443. The molecule has 4 aromatic rings. The predicted octanol–water partition coefficient (Wildman–Crippen LogP) is 4.16. The lowest BCUT2D eigenvalue weighted by Crippen LogP contribution is -2.08. The molecule has 4 rings (SSSR count). The first-order valence-corrected chi connectivity index (χ1v) is 8.41. The van der Waals surface area contributed by atoms with Crippen LogP contribution in [-0.2, 0) is 19.8 Å². The van der Waals surface area contributed by atoms with Gasteiger partial charge in [-0.3, -0.25) is 4.68 Å². The fraction of sp³-hybridized carbons (Fsp3) is 0.158. The molecule has 0 atom stereocenters. The van der Waals surface area contributed by atoms with Gasteiger partial charge in [-0.2, -0.15) is 18.3 Å². The minimum Gasteiger partial charge on any atom is -0.483 e. The van der Waals surface area contributed by atoms with Crippen LogP contribution in [0.3, 0.4) is 0 Å². The predicted molar refractivity (Wildman–Crippen MR) is 95.3 cm³/mol. The number of pyridine rings is 2. The molecule has 0 saturated carbocycles. The van der Waals surface area contributed by atoms with E-state index < -0.39 is 17.7 Å². The molecular weight excluding hydrogens is 390 g/mol. The zero-order valence-corrected chi connectivity index (χ0v) is 15.0. The van der Waals surface area contributed by atoms with Gasteiger partial charge in [0.25, 0.3) is 0 Å². The maximum absolute atomic E-state index is 14.2. The van der Waals surface area contributed by atoms with Crippen LogP contribution in [0.15, 0.2) is 48.9 Å². The molecule has 3 aromatic heterocycles. The van der Waals surface area contributed by atoms with E-state index in [-0.39, 0.29) is 18.0 Å². The Morgan fingerprint density at radius 3 is 2.62 bits per heavy atom. The zero-order valence-electron chi connectivity index (χ0n) is 15.0.